The van der Waals surface area contributed by atoms with Gasteiger partial charge in [0, 0.05) is 19.2 Å². The highest BCUT2D eigenvalue weighted by atomic mass is 16.6. The number of hydrogen-bond acceptors (Lipinski definition) is 5. The Morgan fingerprint density at radius 1 is 1.65 bits per heavy atom. The number of nitro groups is 1. The Kier molecular flexibility index (Phi) is 4.50. The molecule has 0 atom stereocenters. The van der Waals surface area contributed by atoms with Gasteiger partial charge in [0.25, 0.3) is 0 Å². The molecule has 0 aliphatic carbocycles. The van der Waals surface area contributed by atoms with Gasteiger partial charge in [0.05, 0.1) is 10.5 Å². The van der Waals surface area contributed by atoms with Crippen LogP contribution in [0.25, 0.3) is 0 Å². The Morgan fingerprint density at radius 2 is 2.29 bits per heavy atom. The molecular weight excluding hydrogens is 223 g/mol. The average Bonchev–Trinajstić information content (AvgIpc) is 2.51. The smallest absolute Gasteiger partial charge is 0.323 e. The van der Waals surface area contributed by atoms with Crippen LogP contribution in [0.4, 0.5) is 11.5 Å². The van der Waals surface area contributed by atoms with Crippen molar-refractivity contribution >= 4 is 24.9 Å². The van der Waals surface area contributed by atoms with E-state index in [2.05, 4.69) is 10.4 Å². The third-order valence-corrected chi connectivity index (χ3v) is 2.23. The Bertz CT molecular complexity index is 405. The molecule has 1 heterocycles. The molecule has 0 saturated heterocycles. The molecule has 0 saturated carbocycles. The first-order valence-corrected chi connectivity index (χ1v) is 5.56. The Balaban J connectivity index is 3.11. The minimum atomic E-state index is -0.428. The zero-order valence-electron chi connectivity index (χ0n) is 10.3. The van der Waals surface area contributed by atoms with Crippen LogP contribution >= 0.6 is 0 Å². The lowest BCUT2D eigenvalue weighted by molar-refractivity contribution is -0.382. The summed E-state index contributed by atoms with van der Waals surface area (Å²) in [5, 5.41) is 26.9. The Hall–Kier alpha value is -1.57. The lowest BCUT2D eigenvalue weighted by atomic mass is 10.0. The molecule has 1 aromatic heterocycles. The van der Waals surface area contributed by atoms with Crippen LogP contribution < -0.4 is 10.9 Å². The van der Waals surface area contributed by atoms with Gasteiger partial charge in [-0.3, -0.25) is 10.1 Å². The fourth-order valence-electron chi connectivity index (χ4n) is 1.59. The van der Waals surface area contributed by atoms with Crippen molar-refractivity contribution in [3.63, 3.8) is 0 Å². The summed E-state index contributed by atoms with van der Waals surface area (Å²) in [6.07, 6.45) is 0.519. The van der Waals surface area contributed by atoms with Crippen LogP contribution in [0, 0.1) is 10.1 Å². The molecule has 1 rings (SSSR count). The van der Waals surface area contributed by atoms with Gasteiger partial charge in [0.15, 0.2) is 7.85 Å². The van der Waals surface area contributed by atoms with Crippen molar-refractivity contribution in [2.45, 2.75) is 32.9 Å². The Morgan fingerprint density at radius 3 is 2.76 bits per heavy atom. The number of aliphatic hydroxyl groups is 1. The van der Waals surface area contributed by atoms with E-state index in [1.807, 2.05) is 13.8 Å². The van der Waals surface area contributed by atoms with Crippen LogP contribution in [0.5, 0.6) is 0 Å². The van der Waals surface area contributed by atoms with E-state index in [4.69, 9.17) is 5.11 Å². The molecule has 0 radical (unpaired) electrons. The summed E-state index contributed by atoms with van der Waals surface area (Å²) >= 11 is 0. The molecule has 0 bridgehead atoms. The second-order valence-electron chi connectivity index (χ2n) is 4.14. The van der Waals surface area contributed by atoms with E-state index < -0.39 is 4.92 Å². The van der Waals surface area contributed by atoms with Gasteiger partial charge in [-0.25, -0.2) is 4.68 Å². The summed E-state index contributed by atoms with van der Waals surface area (Å²) < 4.78 is 1.55. The molecule has 0 unspecified atom stereocenters. The summed E-state index contributed by atoms with van der Waals surface area (Å²) in [5.74, 6) is 0.413. The number of nitrogens with one attached hydrogen (secondary N) is 1. The number of aryl methyl sites for hydroxylation is 1. The van der Waals surface area contributed by atoms with Crippen LogP contribution in [0.15, 0.2) is 0 Å². The lowest BCUT2D eigenvalue weighted by Crippen LogP contribution is -2.16. The number of nitrogens with zero attached hydrogens (tertiary/aromatic N) is 3. The molecule has 17 heavy (non-hydrogen) atoms. The molecule has 8 heteroatoms. The quantitative estimate of drug-likeness (QED) is 0.387. The zero-order valence-corrected chi connectivity index (χ0v) is 10.3. The van der Waals surface area contributed by atoms with Gasteiger partial charge in [-0.1, -0.05) is 0 Å². The van der Waals surface area contributed by atoms with E-state index in [0.717, 1.165) is 0 Å². The molecule has 0 amide bonds. The number of hydrogen-bond donors (Lipinski definition) is 2. The number of rotatable bonds is 6. The SMILES string of the molecule is Bc1nn(CCCO)c(NC(C)C)c1[N+](=O)[O-]. The molecule has 0 aromatic carbocycles. The van der Waals surface area contributed by atoms with Gasteiger partial charge < -0.3 is 10.4 Å². The van der Waals surface area contributed by atoms with Crippen molar-refractivity contribution in [2.24, 2.45) is 0 Å². The molecule has 2 N–H and O–H groups in total. The Labute approximate surface area is 100 Å². The molecule has 7 nitrogen and oxygen atoms in total. The summed E-state index contributed by atoms with van der Waals surface area (Å²) in [6.45, 7) is 4.30. The maximum Gasteiger partial charge on any atom is 0.323 e. The van der Waals surface area contributed by atoms with E-state index >= 15 is 0 Å². The van der Waals surface area contributed by atoms with Crippen molar-refractivity contribution in [2.75, 3.05) is 11.9 Å². The van der Waals surface area contributed by atoms with Crippen LogP contribution in [-0.4, -0.2) is 40.3 Å². The number of aromatic nitrogens is 2. The number of aliphatic hydroxyl groups excluding tert-OH is 1. The molecule has 0 spiro atoms. The third-order valence-electron chi connectivity index (χ3n) is 2.23. The summed E-state index contributed by atoms with van der Waals surface area (Å²) in [6, 6.07) is 0.0812. The first kappa shape index (κ1) is 13.5. The highest BCUT2D eigenvalue weighted by molar-refractivity contribution is 6.34. The second kappa shape index (κ2) is 5.67. The van der Waals surface area contributed by atoms with Gasteiger partial charge in [-0.2, -0.15) is 5.10 Å². The van der Waals surface area contributed by atoms with Crippen molar-refractivity contribution in [3.8, 4) is 0 Å². The average molecular weight is 240 g/mol. The standard InChI is InChI=1S/C9H17BN4O3/c1-6(2)11-9-7(14(16)17)8(10)12-13(9)4-3-5-15/h6,11,15H,3-5,10H2,1-2H3. The monoisotopic (exact) mass is 240 g/mol. The van der Waals surface area contributed by atoms with Crippen LogP contribution in [0.1, 0.15) is 20.3 Å². The van der Waals surface area contributed by atoms with E-state index in [-0.39, 0.29) is 18.3 Å². The zero-order chi connectivity index (χ0) is 13.0. The molecule has 0 aliphatic rings. The predicted octanol–water partition coefficient (Wildman–Crippen LogP) is -0.748. The highest BCUT2D eigenvalue weighted by Crippen LogP contribution is 2.22. The first-order valence-electron chi connectivity index (χ1n) is 5.56. The van der Waals surface area contributed by atoms with Gasteiger partial charge in [0.1, 0.15) is 0 Å². The molecular formula is C9H17BN4O3. The largest absolute Gasteiger partial charge is 0.396 e. The van der Waals surface area contributed by atoms with Crippen molar-refractivity contribution in [1.29, 1.82) is 0 Å². The molecule has 94 valence electrons. The number of anilines is 1. The third kappa shape index (κ3) is 3.19. The fraction of sp³-hybridized carbons (Fsp3) is 0.667. The maximum absolute atomic E-state index is 11.0. The normalized spacial score (nSPS) is 10.8. The first-order chi connectivity index (χ1) is 7.97. The van der Waals surface area contributed by atoms with E-state index in [1.165, 1.54) is 0 Å². The summed E-state index contributed by atoms with van der Waals surface area (Å²) in [7, 11) is 1.61. The topological polar surface area (TPSA) is 93.2 Å². The molecule has 0 fully saturated rings. The minimum absolute atomic E-state index is 0.0108. The molecule has 0 aliphatic heterocycles. The van der Waals surface area contributed by atoms with Crippen molar-refractivity contribution < 1.29 is 10.0 Å². The van der Waals surface area contributed by atoms with Gasteiger partial charge in [-0.15, -0.1) is 0 Å². The maximum atomic E-state index is 11.0. The van der Waals surface area contributed by atoms with Gasteiger partial charge in [0.2, 0.25) is 5.82 Å². The highest BCUT2D eigenvalue weighted by Gasteiger charge is 2.24. The van der Waals surface area contributed by atoms with Crippen molar-refractivity contribution in [1.82, 2.24) is 9.78 Å². The lowest BCUT2D eigenvalue weighted by Gasteiger charge is -2.11. The van der Waals surface area contributed by atoms with Crippen molar-refractivity contribution in [3.05, 3.63) is 10.1 Å². The molecule has 1 aromatic rings. The van der Waals surface area contributed by atoms with E-state index in [9.17, 15) is 10.1 Å². The second-order valence-corrected chi connectivity index (χ2v) is 4.14. The van der Waals surface area contributed by atoms with Crippen LogP contribution in [0.3, 0.4) is 0 Å². The summed E-state index contributed by atoms with van der Waals surface area (Å²) in [5.41, 5.74) is 0.396. The summed E-state index contributed by atoms with van der Waals surface area (Å²) in [4.78, 5) is 10.5. The van der Waals surface area contributed by atoms with E-state index in [1.54, 1.807) is 12.5 Å². The van der Waals surface area contributed by atoms with Gasteiger partial charge >= 0.3 is 5.69 Å². The minimum Gasteiger partial charge on any atom is -0.396 e. The van der Waals surface area contributed by atoms with E-state index in [0.29, 0.717) is 24.4 Å². The fourth-order valence-corrected chi connectivity index (χ4v) is 1.59. The van der Waals surface area contributed by atoms with Crippen LogP contribution in [-0.2, 0) is 6.54 Å². The van der Waals surface area contributed by atoms with Crippen LogP contribution in [0.2, 0.25) is 0 Å². The van der Waals surface area contributed by atoms with Gasteiger partial charge in [-0.05, 0) is 20.3 Å². The predicted molar refractivity (Wildman–Crippen MR) is 67.5 cm³/mol.